The topological polar surface area (TPSA) is 78.0 Å². The summed E-state index contributed by atoms with van der Waals surface area (Å²) in [5.41, 5.74) is 0.533. The van der Waals surface area contributed by atoms with Gasteiger partial charge < -0.3 is 0 Å². The molecule has 0 radical (unpaired) electrons. The summed E-state index contributed by atoms with van der Waals surface area (Å²) in [7, 11) is -3.92. The Hall–Kier alpha value is -2.36. The van der Waals surface area contributed by atoms with Crippen molar-refractivity contribution in [1.29, 1.82) is 0 Å². The molecule has 2 N–H and O–H groups in total. The van der Waals surface area contributed by atoms with Gasteiger partial charge in [-0.3, -0.25) is 0 Å². The van der Waals surface area contributed by atoms with Gasteiger partial charge in [0.15, 0.2) is 5.69 Å². The quantitative estimate of drug-likeness (QED) is 0.697. The molecule has 0 aliphatic carbocycles. The van der Waals surface area contributed by atoms with Crippen LogP contribution in [-0.2, 0) is 16.2 Å². The molecule has 1 aromatic heterocycles. The predicted octanol–water partition coefficient (Wildman–Crippen LogP) is 4.17. The molecule has 0 aliphatic heterocycles. The first-order valence-corrected chi connectivity index (χ1v) is 9.46. The van der Waals surface area contributed by atoms with E-state index in [2.05, 4.69) is 5.10 Å². The Morgan fingerprint density at radius 1 is 1.07 bits per heavy atom. The van der Waals surface area contributed by atoms with E-state index in [-0.39, 0.29) is 16.3 Å². The second-order valence-electron chi connectivity index (χ2n) is 5.83. The van der Waals surface area contributed by atoms with Gasteiger partial charge in [-0.05, 0) is 48.9 Å². The molecule has 0 saturated carbocycles. The maximum absolute atomic E-state index is 13.2. The van der Waals surface area contributed by atoms with Crippen molar-refractivity contribution < 1.29 is 21.6 Å². The number of sulfonamides is 1. The van der Waals surface area contributed by atoms with Crippen LogP contribution in [0.3, 0.4) is 0 Å². The minimum absolute atomic E-state index is 0.158. The molecule has 0 aliphatic rings. The molecular formula is C17H13ClF3N3O2S. The van der Waals surface area contributed by atoms with E-state index in [9.17, 15) is 21.6 Å². The molecule has 1 heterocycles. The Morgan fingerprint density at radius 3 is 2.22 bits per heavy atom. The summed E-state index contributed by atoms with van der Waals surface area (Å²) in [6.45, 7) is 1.77. The molecule has 0 spiro atoms. The third kappa shape index (κ3) is 4.00. The number of halogens is 4. The van der Waals surface area contributed by atoms with Crippen LogP contribution in [0, 0.1) is 6.92 Å². The van der Waals surface area contributed by atoms with E-state index >= 15 is 0 Å². The Kier molecular flexibility index (Phi) is 4.79. The van der Waals surface area contributed by atoms with Crippen LogP contribution in [0.1, 0.15) is 11.3 Å². The molecule has 142 valence electrons. The largest absolute Gasteiger partial charge is 0.435 e. The summed E-state index contributed by atoms with van der Waals surface area (Å²) < 4.78 is 63.3. The zero-order chi connectivity index (χ0) is 20.0. The lowest BCUT2D eigenvalue weighted by Crippen LogP contribution is -2.12. The second kappa shape index (κ2) is 6.66. The normalized spacial score (nSPS) is 12.4. The highest BCUT2D eigenvalue weighted by Crippen LogP contribution is 2.34. The van der Waals surface area contributed by atoms with Gasteiger partial charge in [0, 0.05) is 10.6 Å². The number of alkyl halides is 3. The maximum atomic E-state index is 13.2. The third-order valence-electron chi connectivity index (χ3n) is 3.88. The average molecular weight is 416 g/mol. The van der Waals surface area contributed by atoms with Crippen LogP contribution in [0.4, 0.5) is 13.2 Å². The molecule has 0 unspecified atom stereocenters. The van der Waals surface area contributed by atoms with Crippen LogP contribution < -0.4 is 5.14 Å². The summed E-state index contributed by atoms with van der Waals surface area (Å²) in [6.07, 6.45) is -4.64. The number of hydrogen-bond acceptors (Lipinski definition) is 3. The summed E-state index contributed by atoms with van der Waals surface area (Å²) in [4.78, 5) is -0.158. The second-order valence-corrected chi connectivity index (χ2v) is 7.80. The van der Waals surface area contributed by atoms with Crippen molar-refractivity contribution in [1.82, 2.24) is 9.78 Å². The standard InChI is InChI=1S/C17H13ClF3N3O2S/c1-10-2-3-11(8-14(10)18)15-9-16(17(19,20)21)23-24(15)12-4-6-13(7-5-12)27(22,25)26/h2-9H,1H3,(H2,22,25,26). The zero-order valence-corrected chi connectivity index (χ0v) is 15.4. The number of primary sulfonamides is 1. The smallest absolute Gasteiger partial charge is 0.233 e. The molecule has 0 fully saturated rings. The van der Waals surface area contributed by atoms with Crippen LogP contribution in [0.2, 0.25) is 5.02 Å². The highest BCUT2D eigenvalue weighted by molar-refractivity contribution is 7.89. The van der Waals surface area contributed by atoms with Gasteiger partial charge in [-0.1, -0.05) is 23.7 Å². The first kappa shape index (κ1) is 19.4. The molecule has 2 aromatic carbocycles. The molecule has 0 bridgehead atoms. The minimum atomic E-state index is -4.64. The number of nitrogens with zero attached hydrogens (tertiary/aromatic N) is 2. The lowest BCUT2D eigenvalue weighted by Gasteiger charge is -2.09. The first-order valence-electron chi connectivity index (χ1n) is 7.54. The van der Waals surface area contributed by atoms with Crippen LogP contribution in [0.5, 0.6) is 0 Å². The Labute approximate surface area is 158 Å². The fraction of sp³-hybridized carbons (Fsp3) is 0.118. The fourth-order valence-corrected chi connectivity index (χ4v) is 3.15. The molecule has 3 aromatic rings. The number of rotatable bonds is 3. The fourth-order valence-electron chi connectivity index (χ4n) is 2.45. The summed E-state index contributed by atoms with van der Waals surface area (Å²) in [5.74, 6) is 0. The van der Waals surface area contributed by atoms with Crippen molar-refractivity contribution in [2.75, 3.05) is 0 Å². The van der Waals surface area contributed by atoms with Crippen LogP contribution in [-0.4, -0.2) is 18.2 Å². The third-order valence-corrected chi connectivity index (χ3v) is 5.21. The van der Waals surface area contributed by atoms with E-state index in [1.54, 1.807) is 25.1 Å². The predicted molar refractivity (Wildman–Crippen MR) is 95.1 cm³/mol. The van der Waals surface area contributed by atoms with Crippen molar-refractivity contribution in [3.63, 3.8) is 0 Å². The van der Waals surface area contributed by atoms with E-state index < -0.39 is 21.9 Å². The zero-order valence-electron chi connectivity index (χ0n) is 13.8. The molecule has 5 nitrogen and oxygen atoms in total. The highest BCUT2D eigenvalue weighted by Gasteiger charge is 2.35. The summed E-state index contributed by atoms with van der Waals surface area (Å²) >= 11 is 6.10. The molecule has 0 atom stereocenters. The van der Waals surface area contributed by atoms with Crippen molar-refractivity contribution in [2.24, 2.45) is 5.14 Å². The summed E-state index contributed by atoms with van der Waals surface area (Å²) in [5, 5.41) is 9.09. The van der Waals surface area contributed by atoms with Crippen LogP contribution >= 0.6 is 11.6 Å². The average Bonchev–Trinajstić information content (AvgIpc) is 3.02. The van der Waals surface area contributed by atoms with Gasteiger partial charge in [-0.2, -0.15) is 18.3 Å². The number of aryl methyl sites for hydroxylation is 1. The number of aromatic nitrogens is 2. The maximum Gasteiger partial charge on any atom is 0.435 e. The number of hydrogen-bond donors (Lipinski definition) is 1. The van der Waals surface area contributed by atoms with Crippen molar-refractivity contribution >= 4 is 21.6 Å². The van der Waals surface area contributed by atoms with E-state index in [4.69, 9.17) is 16.7 Å². The summed E-state index contributed by atoms with van der Waals surface area (Å²) in [6, 6.07) is 10.8. The molecule has 3 rings (SSSR count). The monoisotopic (exact) mass is 415 g/mol. The Morgan fingerprint density at radius 2 is 1.70 bits per heavy atom. The first-order chi connectivity index (χ1) is 12.5. The molecule has 27 heavy (non-hydrogen) atoms. The van der Waals surface area contributed by atoms with Crippen molar-refractivity contribution in [2.45, 2.75) is 18.0 Å². The van der Waals surface area contributed by atoms with E-state index in [0.717, 1.165) is 16.3 Å². The van der Waals surface area contributed by atoms with E-state index in [0.29, 0.717) is 10.6 Å². The van der Waals surface area contributed by atoms with Gasteiger partial charge in [0.2, 0.25) is 10.0 Å². The van der Waals surface area contributed by atoms with Crippen LogP contribution in [0.15, 0.2) is 53.4 Å². The molecule has 10 heteroatoms. The van der Waals surface area contributed by atoms with Gasteiger partial charge in [-0.15, -0.1) is 0 Å². The van der Waals surface area contributed by atoms with E-state index in [1.165, 1.54) is 24.3 Å². The lowest BCUT2D eigenvalue weighted by atomic mass is 10.1. The van der Waals surface area contributed by atoms with Gasteiger partial charge >= 0.3 is 6.18 Å². The van der Waals surface area contributed by atoms with Gasteiger partial charge in [-0.25, -0.2) is 18.2 Å². The van der Waals surface area contributed by atoms with Gasteiger partial charge in [0.1, 0.15) is 0 Å². The van der Waals surface area contributed by atoms with E-state index in [1.807, 2.05) is 0 Å². The molecule has 0 saturated heterocycles. The van der Waals surface area contributed by atoms with Gasteiger partial charge in [0.05, 0.1) is 16.3 Å². The van der Waals surface area contributed by atoms with Crippen molar-refractivity contribution in [3.8, 4) is 16.9 Å². The SMILES string of the molecule is Cc1ccc(-c2cc(C(F)(F)F)nn2-c2ccc(S(N)(=O)=O)cc2)cc1Cl. The molecule has 0 amide bonds. The number of benzene rings is 2. The lowest BCUT2D eigenvalue weighted by molar-refractivity contribution is -0.141. The van der Waals surface area contributed by atoms with Gasteiger partial charge in [0.25, 0.3) is 0 Å². The Balaban J connectivity index is 2.19. The van der Waals surface area contributed by atoms with Crippen LogP contribution in [0.25, 0.3) is 16.9 Å². The number of nitrogens with two attached hydrogens (primary N) is 1. The van der Waals surface area contributed by atoms with Crippen molar-refractivity contribution in [3.05, 3.63) is 64.8 Å². The Bertz CT molecular complexity index is 1110. The molecular weight excluding hydrogens is 403 g/mol. The minimum Gasteiger partial charge on any atom is -0.233 e. The highest BCUT2D eigenvalue weighted by atomic mass is 35.5.